The highest BCUT2D eigenvalue weighted by Crippen LogP contribution is 2.16. The van der Waals surface area contributed by atoms with E-state index < -0.39 is 6.03 Å². The molecule has 0 saturated carbocycles. The van der Waals surface area contributed by atoms with Gasteiger partial charge in [0.1, 0.15) is 0 Å². The van der Waals surface area contributed by atoms with E-state index in [9.17, 15) is 9.59 Å². The molecule has 5 nitrogen and oxygen atoms in total. The number of anilines is 1. The molecule has 4 N–H and O–H groups in total. The predicted molar refractivity (Wildman–Crippen MR) is 104 cm³/mol. The lowest BCUT2D eigenvalue weighted by atomic mass is 10.0. The van der Waals surface area contributed by atoms with Crippen LogP contribution in [0.1, 0.15) is 17.5 Å². The molecule has 0 saturated heterocycles. The SMILES string of the molecule is NC(=O)Nc1cccc(CNC(=O)CCc2ccc3ccccc3c2)c1. The van der Waals surface area contributed by atoms with E-state index in [1.165, 1.54) is 10.8 Å². The zero-order chi connectivity index (χ0) is 18.4. The molecular weight excluding hydrogens is 326 g/mol. The molecule has 0 radical (unpaired) electrons. The Morgan fingerprint density at radius 3 is 2.46 bits per heavy atom. The number of rotatable bonds is 6. The summed E-state index contributed by atoms with van der Waals surface area (Å²) in [7, 11) is 0. The van der Waals surface area contributed by atoms with E-state index in [0.717, 1.165) is 11.1 Å². The van der Waals surface area contributed by atoms with Crippen molar-refractivity contribution in [2.45, 2.75) is 19.4 Å². The third-order valence-electron chi connectivity index (χ3n) is 4.14. The van der Waals surface area contributed by atoms with Gasteiger partial charge in [-0.1, -0.05) is 54.6 Å². The van der Waals surface area contributed by atoms with E-state index in [1.54, 1.807) is 12.1 Å². The number of amides is 3. The van der Waals surface area contributed by atoms with E-state index in [-0.39, 0.29) is 5.91 Å². The van der Waals surface area contributed by atoms with Gasteiger partial charge in [-0.2, -0.15) is 0 Å². The van der Waals surface area contributed by atoms with Gasteiger partial charge >= 0.3 is 6.03 Å². The Labute approximate surface area is 152 Å². The Hall–Kier alpha value is -3.34. The van der Waals surface area contributed by atoms with Gasteiger partial charge in [0.15, 0.2) is 0 Å². The van der Waals surface area contributed by atoms with Crippen LogP contribution in [-0.2, 0) is 17.8 Å². The summed E-state index contributed by atoms with van der Waals surface area (Å²) in [6.07, 6.45) is 1.12. The lowest BCUT2D eigenvalue weighted by Crippen LogP contribution is -2.23. The summed E-state index contributed by atoms with van der Waals surface area (Å²) in [5, 5.41) is 7.81. The molecule has 0 aromatic heterocycles. The first-order valence-corrected chi connectivity index (χ1v) is 8.50. The van der Waals surface area contributed by atoms with Gasteiger partial charge in [-0.3, -0.25) is 4.79 Å². The molecule has 3 aromatic carbocycles. The van der Waals surface area contributed by atoms with Gasteiger partial charge in [0.2, 0.25) is 5.91 Å². The van der Waals surface area contributed by atoms with Crippen LogP contribution in [0.3, 0.4) is 0 Å². The van der Waals surface area contributed by atoms with Gasteiger partial charge in [0.05, 0.1) is 0 Å². The molecule has 0 heterocycles. The van der Waals surface area contributed by atoms with Crippen molar-refractivity contribution in [3.05, 3.63) is 77.9 Å². The van der Waals surface area contributed by atoms with Crippen LogP contribution < -0.4 is 16.4 Å². The van der Waals surface area contributed by atoms with E-state index in [2.05, 4.69) is 41.0 Å². The summed E-state index contributed by atoms with van der Waals surface area (Å²) in [4.78, 5) is 23.0. The summed E-state index contributed by atoms with van der Waals surface area (Å²) in [5.41, 5.74) is 7.76. The molecule has 3 rings (SSSR count). The molecule has 26 heavy (non-hydrogen) atoms. The molecule has 3 aromatic rings. The Kier molecular flexibility index (Phi) is 5.49. The average molecular weight is 347 g/mol. The van der Waals surface area contributed by atoms with Crippen molar-refractivity contribution in [2.75, 3.05) is 5.32 Å². The van der Waals surface area contributed by atoms with Crippen LogP contribution in [0.5, 0.6) is 0 Å². The average Bonchev–Trinajstić information content (AvgIpc) is 2.64. The minimum absolute atomic E-state index is 0.00794. The van der Waals surface area contributed by atoms with E-state index in [1.807, 2.05) is 24.3 Å². The number of urea groups is 1. The largest absolute Gasteiger partial charge is 0.352 e. The normalized spacial score (nSPS) is 10.5. The summed E-state index contributed by atoms with van der Waals surface area (Å²) < 4.78 is 0. The Morgan fingerprint density at radius 2 is 1.65 bits per heavy atom. The molecule has 3 amide bonds. The highest BCUT2D eigenvalue weighted by molar-refractivity contribution is 5.87. The predicted octanol–water partition coefficient (Wildman–Crippen LogP) is 3.58. The van der Waals surface area contributed by atoms with Crippen LogP contribution in [0.2, 0.25) is 0 Å². The second-order valence-electron chi connectivity index (χ2n) is 6.15. The Morgan fingerprint density at radius 1 is 0.846 bits per heavy atom. The lowest BCUT2D eigenvalue weighted by molar-refractivity contribution is -0.121. The summed E-state index contributed by atoms with van der Waals surface area (Å²) in [5.74, 6) is -0.00794. The van der Waals surface area contributed by atoms with Gasteiger partial charge in [-0.25, -0.2) is 4.79 Å². The van der Waals surface area contributed by atoms with Crippen molar-refractivity contribution in [3.63, 3.8) is 0 Å². The zero-order valence-electron chi connectivity index (χ0n) is 14.4. The van der Waals surface area contributed by atoms with E-state index in [4.69, 9.17) is 5.73 Å². The minimum Gasteiger partial charge on any atom is -0.352 e. The van der Waals surface area contributed by atoms with Gasteiger partial charge in [0, 0.05) is 18.7 Å². The van der Waals surface area contributed by atoms with Crippen LogP contribution in [0.15, 0.2) is 66.7 Å². The molecule has 0 unspecified atom stereocenters. The summed E-state index contributed by atoms with van der Waals surface area (Å²) >= 11 is 0. The van der Waals surface area contributed by atoms with Crippen molar-refractivity contribution in [1.82, 2.24) is 5.32 Å². The number of nitrogens with one attached hydrogen (secondary N) is 2. The van der Waals surface area contributed by atoms with Gasteiger partial charge in [-0.05, 0) is 40.5 Å². The number of nitrogens with two attached hydrogens (primary N) is 1. The first-order valence-electron chi connectivity index (χ1n) is 8.50. The summed E-state index contributed by atoms with van der Waals surface area (Å²) in [6, 6.07) is 21.1. The molecular formula is C21H21N3O2. The standard InChI is InChI=1S/C21H21N3O2/c22-21(26)24-19-7-3-4-16(13-19)14-23-20(25)11-9-15-8-10-17-5-1-2-6-18(17)12-15/h1-8,10,12-13H,9,11,14H2,(H,23,25)(H3,22,24,26). The lowest BCUT2D eigenvalue weighted by Gasteiger charge is -2.08. The fourth-order valence-corrected chi connectivity index (χ4v) is 2.84. The molecule has 0 aliphatic rings. The molecule has 5 heteroatoms. The van der Waals surface area contributed by atoms with E-state index >= 15 is 0 Å². The van der Waals surface area contributed by atoms with Crippen molar-refractivity contribution >= 4 is 28.4 Å². The first-order chi connectivity index (χ1) is 12.6. The molecule has 0 atom stereocenters. The van der Waals surface area contributed by atoms with Crippen LogP contribution in [0, 0.1) is 0 Å². The Balaban J connectivity index is 1.51. The number of primary amides is 1. The number of carbonyl (C=O) groups excluding carboxylic acids is 2. The Bertz CT molecular complexity index is 937. The van der Waals surface area contributed by atoms with Gasteiger partial charge in [-0.15, -0.1) is 0 Å². The molecule has 132 valence electrons. The minimum atomic E-state index is -0.610. The monoisotopic (exact) mass is 347 g/mol. The number of fused-ring (bicyclic) bond motifs is 1. The second-order valence-corrected chi connectivity index (χ2v) is 6.15. The molecule has 0 fully saturated rings. The quantitative estimate of drug-likeness (QED) is 0.637. The van der Waals surface area contributed by atoms with Crippen molar-refractivity contribution in [2.24, 2.45) is 5.73 Å². The highest BCUT2D eigenvalue weighted by Gasteiger charge is 2.04. The smallest absolute Gasteiger partial charge is 0.316 e. The second kappa shape index (κ2) is 8.16. The molecule has 0 spiro atoms. The maximum atomic E-state index is 12.1. The molecule has 0 aliphatic heterocycles. The van der Waals surface area contributed by atoms with Crippen LogP contribution in [0.4, 0.5) is 10.5 Å². The highest BCUT2D eigenvalue weighted by atomic mass is 16.2. The van der Waals surface area contributed by atoms with Gasteiger partial charge < -0.3 is 16.4 Å². The number of carbonyl (C=O) groups is 2. The zero-order valence-corrected chi connectivity index (χ0v) is 14.4. The number of aryl methyl sites for hydroxylation is 1. The summed E-state index contributed by atoms with van der Waals surface area (Å²) in [6.45, 7) is 0.408. The maximum absolute atomic E-state index is 12.1. The topological polar surface area (TPSA) is 84.2 Å². The number of benzene rings is 3. The van der Waals surface area contributed by atoms with Crippen molar-refractivity contribution in [1.29, 1.82) is 0 Å². The molecule has 0 bridgehead atoms. The van der Waals surface area contributed by atoms with Crippen LogP contribution in [0.25, 0.3) is 10.8 Å². The number of hydrogen-bond donors (Lipinski definition) is 3. The molecule has 0 aliphatic carbocycles. The van der Waals surface area contributed by atoms with E-state index in [0.29, 0.717) is 25.1 Å². The van der Waals surface area contributed by atoms with Crippen molar-refractivity contribution < 1.29 is 9.59 Å². The first kappa shape index (κ1) is 17.5. The fraction of sp³-hybridized carbons (Fsp3) is 0.143. The maximum Gasteiger partial charge on any atom is 0.316 e. The fourth-order valence-electron chi connectivity index (χ4n) is 2.84. The van der Waals surface area contributed by atoms with Crippen LogP contribution in [-0.4, -0.2) is 11.9 Å². The number of hydrogen-bond acceptors (Lipinski definition) is 2. The van der Waals surface area contributed by atoms with Crippen molar-refractivity contribution in [3.8, 4) is 0 Å². The third kappa shape index (κ3) is 4.83. The van der Waals surface area contributed by atoms with Crippen LogP contribution >= 0.6 is 0 Å². The van der Waals surface area contributed by atoms with Gasteiger partial charge in [0.25, 0.3) is 0 Å². The third-order valence-corrected chi connectivity index (χ3v) is 4.14.